The average molecular weight is 191 g/mol. The second-order valence-electron chi connectivity index (χ2n) is 2.55. The smallest absolute Gasteiger partial charge is 0.394 e. The van der Waals surface area contributed by atoms with Crippen LogP contribution in [0.4, 0.5) is 24.5 Å². The van der Waals surface area contributed by atoms with E-state index in [-0.39, 0.29) is 17.1 Å². The largest absolute Gasteiger partial charge is 0.397 e. The summed E-state index contributed by atoms with van der Waals surface area (Å²) in [6.45, 7) is 0. The van der Waals surface area contributed by atoms with Crippen LogP contribution in [-0.4, -0.2) is 11.2 Å². The molecule has 0 amide bonds. The van der Waals surface area contributed by atoms with E-state index in [4.69, 9.17) is 11.5 Å². The van der Waals surface area contributed by atoms with Crippen molar-refractivity contribution in [1.82, 2.24) is 4.98 Å². The highest BCUT2D eigenvalue weighted by Crippen LogP contribution is 2.25. The average Bonchev–Trinajstić information content (AvgIpc) is 1.96. The molecule has 0 bridgehead atoms. The van der Waals surface area contributed by atoms with Gasteiger partial charge >= 0.3 is 6.18 Å². The fourth-order valence-corrected chi connectivity index (χ4v) is 0.864. The summed E-state index contributed by atoms with van der Waals surface area (Å²) >= 11 is 0. The van der Waals surface area contributed by atoms with Gasteiger partial charge in [0, 0.05) is 6.20 Å². The summed E-state index contributed by atoms with van der Waals surface area (Å²) in [5.74, 6) is 0. The van der Waals surface area contributed by atoms with Crippen LogP contribution in [0.5, 0.6) is 0 Å². The minimum Gasteiger partial charge on any atom is -0.397 e. The summed E-state index contributed by atoms with van der Waals surface area (Å²) in [5, 5.41) is 0. The minimum absolute atomic E-state index is 0.0974. The number of halogens is 3. The summed E-state index contributed by atoms with van der Waals surface area (Å²) in [7, 11) is 0. The number of aromatic nitrogens is 1. The van der Waals surface area contributed by atoms with Gasteiger partial charge in [0.25, 0.3) is 0 Å². The van der Waals surface area contributed by atoms with Crippen LogP contribution in [-0.2, 0) is 6.42 Å². The predicted molar refractivity (Wildman–Crippen MR) is 42.8 cm³/mol. The second kappa shape index (κ2) is 3.12. The third-order valence-electron chi connectivity index (χ3n) is 1.47. The first-order chi connectivity index (χ1) is 5.90. The zero-order valence-corrected chi connectivity index (χ0v) is 6.60. The number of rotatable bonds is 1. The number of nitrogens with zero attached hydrogens (tertiary/aromatic N) is 1. The number of anilines is 2. The first-order valence-corrected chi connectivity index (χ1v) is 3.46. The van der Waals surface area contributed by atoms with Crippen LogP contribution >= 0.6 is 0 Å². The van der Waals surface area contributed by atoms with Crippen LogP contribution in [0.3, 0.4) is 0 Å². The Morgan fingerprint density at radius 3 is 2.46 bits per heavy atom. The summed E-state index contributed by atoms with van der Waals surface area (Å²) in [5.41, 5.74) is 10.4. The fraction of sp³-hybridized carbons (Fsp3) is 0.286. The summed E-state index contributed by atoms with van der Waals surface area (Å²) in [6.07, 6.45) is -4.26. The monoisotopic (exact) mass is 191 g/mol. The molecule has 0 saturated heterocycles. The van der Waals surface area contributed by atoms with E-state index in [1.54, 1.807) is 0 Å². The van der Waals surface area contributed by atoms with Gasteiger partial charge in [0.1, 0.15) is 0 Å². The Bertz CT molecular complexity index is 308. The maximum Gasteiger partial charge on any atom is 0.394 e. The van der Waals surface area contributed by atoms with Gasteiger partial charge in [-0.2, -0.15) is 13.2 Å². The molecule has 13 heavy (non-hydrogen) atoms. The van der Waals surface area contributed by atoms with Crippen molar-refractivity contribution in [2.75, 3.05) is 11.5 Å². The highest BCUT2D eigenvalue weighted by atomic mass is 19.4. The SMILES string of the molecule is Nc1ccnc(CC(F)(F)F)c1N. The maximum atomic E-state index is 11.9. The number of nitrogens with two attached hydrogens (primary N) is 2. The highest BCUT2D eigenvalue weighted by molar-refractivity contribution is 5.64. The van der Waals surface area contributed by atoms with Gasteiger partial charge < -0.3 is 11.5 Å². The first-order valence-electron chi connectivity index (χ1n) is 3.46. The van der Waals surface area contributed by atoms with Crippen LogP contribution in [0.15, 0.2) is 12.3 Å². The van der Waals surface area contributed by atoms with Crippen molar-refractivity contribution in [1.29, 1.82) is 0 Å². The molecule has 72 valence electrons. The molecule has 0 aromatic carbocycles. The molecule has 1 rings (SSSR count). The van der Waals surface area contributed by atoms with Crippen molar-refractivity contribution >= 4 is 11.4 Å². The molecule has 0 aliphatic carbocycles. The molecule has 1 aromatic heterocycles. The van der Waals surface area contributed by atoms with Gasteiger partial charge in [-0.05, 0) is 6.07 Å². The Kier molecular flexibility index (Phi) is 2.31. The highest BCUT2D eigenvalue weighted by Gasteiger charge is 2.29. The Morgan fingerprint density at radius 1 is 1.31 bits per heavy atom. The molecular weight excluding hydrogens is 183 g/mol. The Hall–Kier alpha value is -1.46. The molecule has 0 aliphatic heterocycles. The third-order valence-corrected chi connectivity index (χ3v) is 1.47. The molecule has 0 saturated carbocycles. The van der Waals surface area contributed by atoms with E-state index in [0.29, 0.717) is 0 Å². The molecule has 1 aromatic rings. The molecule has 3 nitrogen and oxygen atoms in total. The third kappa shape index (κ3) is 2.50. The van der Waals surface area contributed by atoms with Crippen LogP contribution < -0.4 is 11.5 Å². The van der Waals surface area contributed by atoms with Gasteiger partial charge in [0.15, 0.2) is 0 Å². The molecule has 0 unspecified atom stereocenters. The van der Waals surface area contributed by atoms with E-state index < -0.39 is 12.6 Å². The van der Waals surface area contributed by atoms with Gasteiger partial charge in [-0.3, -0.25) is 4.98 Å². The lowest BCUT2D eigenvalue weighted by Gasteiger charge is -2.08. The number of nitrogen functional groups attached to an aromatic ring is 2. The fourth-order valence-electron chi connectivity index (χ4n) is 0.864. The van der Waals surface area contributed by atoms with E-state index in [2.05, 4.69) is 4.98 Å². The molecule has 0 aliphatic rings. The van der Waals surface area contributed by atoms with Crippen LogP contribution in [0.2, 0.25) is 0 Å². The summed E-state index contributed by atoms with van der Waals surface area (Å²) in [4.78, 5) is 3.50. The normalized spacial score (nSPS) is 11.6. The van der Waals surface area contributed by atoms with Crippen LogP contribution in [0.1, 0.15) is 5.69 Å². The number of hydrogen-bond donors (Lipinski definition) is 2. The van der Waals surface area contributed by atoms with Gasteiger partial charge in [0.05, 0.1) is 23.5 Å². The van der Waals surface area contributed by atoms with E-state index >= 15 is 0 Å². The van der Waals surface area contributed by atoms with Gasteiger partial charge in [-0.25, -0.2) is 0 Å². The van der Waals surface area contributed by atoms with Crippen molar-refractivity contribution in [2.45, 2.75) is 12.6 Å². The Balaban J connectivity index is 2.96. The van der Waals surface area contributed by atoms with Gasteiger partial charge in [-0.15, -0.1) is 0 Å². The van der Waals surface area contributed by atoms with Gasteiger partial charge in [0.2, 0.25) is 0 Å². The lowest BCUT2D eigenvalue weighted by atomic mass is 10.2. The van der Waals surface area contributed by atoms with Gasteiger partial charge in [-0.1, -0.05) is 0 Å². The van der Waals surface area contributed by atoms with E-state index in [9.17, 15) is 13.2 Å². The summed E-state index contributed by atoms with van der Waals surface area (Å²) in [6, 6.07) is 1.36. The van der Waals surface area contributed by atoms with Crippen LogP contribution in [0.25, 0.3) is 0 Å². The molecule has 6 heteroatoms. The molecule has 1 heterocycles. The number of hydrogen-bond acceptors (Lipinski definition) is 3. The quantitative estimate of drug-likeness (QED) is 0.704. The van der Waals surface area contributed by atoms with Crippen molar-refractivity contribution in [2.24, 2.45) is 0 Å². The standard InChI is InChI=1S/C7H8F3N3/c8-7(9,10)3-5-6(12)4(11)1-2-13-5/h1-2H,3,12H2,(H2,11,13). The van der Waals surface area contributed by atoms with Crippen molar-refractivity contribution in [3.05, 3.63) is 18.0 Å². The van der Waals surface area contributed by atoms with Crippen molar-refractivity contribution in [3.8, 4) is 0 Å². The molecule has 0 radical (unpaired) electrons. The molecule has 0 fully saturated rings. The topological polar surface area (TPSA) is 64.9 Å². The number of pyridine rings is 1. The van der Waals surface area contributed by atoms with Crippen molar-refractivity contribution < 1.29 is 13.2 Å². The number of alkyl halides is 3. The zero-order valence-electron chi connectivity index (χ0n) is 6.60. The lowest BCUT2D eigenvalue weighted by molar-refractivity contribution is -0.127. The first kappa shape index (κ1) is 9.63. The molecule has 4 N–H and O–H groups in total. The van der Waals surface area contributed by atoms with Crippen LogP contribution in [0, 0.1) is 0 Å². The Morgan fingerprint density at radius 2 is 1.92 bits per heavy atom. The predicted octanol–water partition coefficient (Wildman–Crippen LogP) is 1.35. The summed E-state index contributed by atoms with van der Waals surface area (Å²) < 4.78 is 35.8. The van der Waals surface area contributed by atoms with E-state index in [1.165, 1.54) is 12.3 Å². The van der Waals surface area contributed by atoms with Crippen molar-refractivity contribution in [3.63, 3.8) is 0 Å². The molecule has 0 atom stereocenters. The zero-order chi connectivity index (χ0) is 10.1. The van der Waals surface area contributed by atoms with E-state index in [0.717, 1.165) is 0 Å². The lowest BCUT2D eigenvalue weighted by Crippen LogP contribution is -2.15. The van der Waals surface area contributed by atoms with E-state index in [1.807, 2.05) is 0 Å². The maximum absolute atomic E-state index is 11.9. The minimum atomic E-state index is -4.31. The molecule has 0 spiro atoms. The second-order valence-corrected chi connectivity index (χ2v) is 2.55. The molecular formula is C7H8F3N3. The Labute approximate surface area is 72.6 Å².